The van der Waals surface area contributed by atoms with Gasteiger partial charge < -0.3 is 20.4 Å². The van der Waals surface area contributed by atoms with Crippen LogP contribution in [-0.4, -0.2) is 27.0 Å². The third-order valence-electron chi connectivity index (χ3n) is 3.08. The first kappa shape index (κ1) is 28.6. The Morgan fingerprint density at radius 3 is 0.750 bits per heavy atom. The number of hydrogen-bond acceptors (Lipinski definition) is 4. The standard InChI is InChI=1S/3C7H8O.C2H6O.Zr/c3*8-6-7-4-2-1-3-5-7;1-2-3;/h3*1-5,8H,6H2;3H,2H2,1H3;. The zero-order chi connectivity index (χ0) is 20.2. The van der Waals surface area contributed by atoms with Crippen LogP contribution < -0.4 is 0 Å². The average molecular weight is 462 g/mol. The molecule has 0 saturated heterocycles. The van der Waals surface area contributed by atoms with Gasteiger partial charge in [0.2, 0.25) is 0 Å². The van der Waals surface area contributed by atoms with E-state index in [4.69, 9.17) is 20.4 Å². The molecule has 150 valence electrons. The number of benzene rings is 3. The minimum Gasteiger partial charge on any atom is -0.397 e. The van der Waals surface area contributed by atoms with Gasteiger partial charge in [-0.15, -0.1) is 0 Å². The molecule has 0 atom stereocenters. The zero-order valence-corrected chi connectivity index (χ0v) is 18.7. The fourth-order valence-electron chi connectivity index (χ4n) is 1.75. The van der Waals surface area contributed by atoms with Gasteiger partial charge in [0.25, 0.3) is 0 Å². The molecule has 0 saturated carbocycles. The first-order valence-corrected chi connectivity index (χ1v) is 8.76. The quantitative estimate of drug-likeness (QED) is 0.481. The summed E-state index contributed by atoms with van der Waals surface area (Å²) in [6, 6.07) is 28.6. The molecule has 0 bridgehead atoms. The van der Waals surface area contributed by atoms with Crippen molar-refractivity contribution in [3.05, 3.63) is 108 Å². The second-order valence-electron chi connectivity index (χ2n) is 5.25. The maximum Gasteiger partial charge on any atom is 0.0681 e. The SMILES string of the molecule is CCO.OCc1ccccc1.OCc1ccccc1.OCc1ccccc1.[Zr]. The van der Waals surface area contributed by atoms with Crippen molar-refractivity contribution in [2.45, 2.75) is 26.7 Å². The van der Waals surface area contributed by atoms with Crippen molar-refractivity contribution in [1.82, 2.24) is 0 Å². The van der Waals surface area contributed by atoms with E-state index in [1.54, 1.807) is 6.92 Å². The molecular weight excluding hydrogens is 431 g/mol. The summed E-state index contributed by atoms with van der Waals surface area (Å²) < 4.78 is 0. The summed E-state index contributed by atoms with van der Waals surface area (Å²) in [6.45, 7) is 2.35. The van der Waals surface area contributed by atoms with Gasteiger partial charge in [0.1, 0.15) is 0 Å². The molecular formula is C23H30O4Zr. The summed E-state index contributed by atoms with van der Waals surface area (Å²) in [5.41, 5.74) is 2.90. The maximum atomic E-state index is 8.54. The van der Waals surface area contributed by atoms with Crippen LogP contribution in [0.3, 0.4) is 0 Å². The molecule has 0 aliphatic rings. The van der Waals surface area contributed by atoms with Gasteiger partial charge in [-0.25, -0.2) is 0 Å². The molecule has 0 aromatic heterocycles. The van der Waals surface area contributed by atoms with Gasteiger partial charge in [0, 0.05) is 32.8 Å². The molecule has 3 aromatic rings. The smallest absolute Gasteiger partial charge is 0.0681 e. The minimum absolute atomic E-state index is 0. The summed E-state index contributed by atoms with van der Waals surface area (Å²) in [7, 11) is 0. The Morgan fingerprint density at radius 1 is 0.464 bits per heavy atom. The molecule has 5 heteroatoms. The van der Waals surface area contributed by atoms with E-state index < -0.39 is 0 Å². The van der Waals surface area contributed by atoms with Crippen LogP contribution in [0.15, 0.2) is 91.0 Å². The summed E-state index contributed by atoms with van der Waals surface area (Å²) in [5.74, 6) is 0. The predicted octanol–water partition coefficient (Wildman–Crippen LogP) is 3.53. The fourth-order valence-corrected chi connectivity index (χ4v) is 1.75. The first-order chi connectivity index (χ1) is 13.2. The van der Waals surface area contributed by atoms with Crippen molar-refractivity contribution in [1.29, 1.82) is 0 Å². The van der Waals surface area contributed by atoms with E-state index in [2.05, 4.69) is 0 Å². The van der Waals surface area contributed by atoms with E-state index in [-0.39, 0.29) is 52.6 Å². The van der Waals surface area contributed by atoms with Crippen molar-refractivity contribution in [3.63, 3.8) is 0 Å². The van der Waals surface area contributed by atoms with Gasteiger partial charge in [0.05, 0.1) is 19.8 Å². The Balaban J connectivity index is 0. The topological polar surface area (TPSA) is 80.9 Å². The van der Waals surface area contributed by atoms with Crippen LogP contribution >= 0.6 is 0 Å². The molecule has 0 fully saturated rings. The third-order valence-corrected chi connectivity index (χ3v) is 3.08. The van der Waals surface area contributed by atoms with Gasteiger partial charge in [-0.3, -0.25) is 0 Å². The number of aliphatic hydroxyl groups excluding tert-OH is 4. The van der Waals surface area contributed by atoms with Crippen molar-refractivity contribution in [2.75, 3.05) is 6.61 Å². The Morgan fingerprint density at radius 2 is 0.643 bits per heavy atom. The van der Waals surface area contributed by atoms with Gasteiger partial charge in [0.15, 0.2) is 0 Å². The van der Waals surface area contributed by atoms with Crippen LogP contribution in [0, 0.1) is 0 Å². The largest absolute Gasteiger partial charge is 0.397 e. The molecule has 0 unspecified atom stereocenters. The number of aliphatic hydroxyl groups is 4. The van der Waals surface area contributed by atoms with Crippen molar-refractivity contribution in [3.8, 4) is 0 Å². The van der Waals surface area contributed by atoms with Crippen LogP contribution in [-0.2, 0) is 46.0 Å². The summed E-state index contributed by atoms with van der Waals surface area (Å²) in [6.07, 6.45) is 0. The molecule has 0 aliphatic heterocycles. The van der Waals surface area contributed by atoms with E-state index >= 15 is 0 Å². The molecule has 0 amide bonds. The van der Waals surface area contributed by atoms with Crippen LogP contribution in [0.5, 0.6) is 0 Å². The Kier molecular flexibility index (Phi) is 22.1. The predicted molar refractivity (Wildman–Crippen MR) is 110 cm³/mol. The van der Waals surface area contributed by atoms with Crippen LogP contribution in [0.1, 0.15) is 23.6 Å². The monoisotopic (exact) mass is 460 g/mol. The third kappa shape index (κ3) is 16.5. The minimum atomic E-state index is 0. The molecule has 3 rings (SSSR count). The van der Waals surface area contributed by atoms with Crippen molar-refractivity contribution in [2.24, 2.45) is 0 Å². The Hall–Kier alpha value is -1.62. The average Bonchev–Trinajstić information content (AvgIpc) is 2.77. The van der Waals surface area contributed by atoms with Gasteiger partial charge in [-0.2, -0.15) is 0 Å². The maximum absolute atomic E-state index is 8.54. The van der Waals surface area contributed by atoms with E-state index in [0.29, 0.717) is 0 Å². The van der Waals surface area contributed by atoms with Crippen LogP contribution in [0.4, 0.5) is 0 Å². The zero-order valence-electron chi connectivity index (χ0n) is 16.3. The van der Waals surface area contributed by atoms with Gasteiger partial charge >= 0.3 is 0 Å². The number of rotatable bonds is 3. The Bertz CT molecular complexity index is 555. The number of hydrogen-bond donors (Lipinski definition) is 4. The van der Waals surface area contributed by atoms with Gasteiger partial charge in [-0.05, 0) is 23.6 Å². The van der Waals surface area contributed by atoms with Gasteiger partial charge in [-0.1, -0.05) is 91.0 Å². The fraction of sp³-hybridized carbons (Fsp3) is 0.217. The second kappa shape index (κ2) is 21.7. The van der Waals surface area contributed by atoms with E-state index in [1.165, 1.54) is 0 Å². The molecule has 3 aromatic carbocycles. The molecule has 0 radical (unpaired) electrons. The Labute approximate surface area is 187 Å². The molecule has 4 nitrogen and oxygen atoms in total. The molecule has 0 heterocycles. The van der Waals surface area contributed by atoms with Crippen LogP contribution in [0.25, 0.3) is 0 Å². The van der Waals surface area contributed by atoms with E-state index in [1.807, 2.05) is 91.0 Å². The summed E-state index contributed by atoms with van der Waals surface area (Å²) in [5, 5.41) is 33.2. The summed E-state index contributed by atoms with van der Waals surface area (Å²) >= 11 is 0. The molecule has 4 N–H and O–H groups in total. The normalized spacial score (nSPS) is 8.46. The van der Waals surface area contributed by atoms with E-state index in [0.717, 1.165) is 16.7 Å². The van der Waals surface area contributed by atoms with Crippen molar-refractivity contribution >= 4 is 0 Å². The molecule has 0 aliphatic carbocycles. The molecule has 0 spiro atoms. The van der Waals surface area contributed by atoms with E-state index in [9.17, 15) is 0 Å². The summed E-state index contributed by atoms with van der Waals surface area (Å²) in [4.78, 5) is 0. The van der Waals surface area contributed by atoms with Crippen molar-refractivity contribution < 1.29 is 46.6 Å². The molecule has 28 heavy (non-hydrogen) atoms. The first-order valence-electron chi connectivity index (χ1n) is 8.76. The van der Waals surface area contributed by atoms with Crippen LogP contribution in [0.2, 0.25) is 0 Å². The second-order valence-corrected chi connectivity index (χ2v) is 5.25.